The highest BCUT2D eigenvalue weighted by atomic mass is 19.3. The molecule has 0 spiro atoms. The number of aromatic nitrogens is 4. The summed E-state index contributed by atoms with van der Waals surface area (Å²) in [5.74, 6) is -0.367. The smallest absolute Gasteiger partial charge is 0.387 e. The standard InChI is InChI=1S/C11H7F2N7O3/c12-11(13)23-9-2-1-7(20(21)22)3-8(9)15-5-6(4-14)10-16-18-19-17-10/h1-3,5,11,15H,(H,16,17,18,19). The van der Waals surface area contributed by atoms with Gasteiger partial charge in [-0.15, -0.1) is 10.2 Å². The number of halogens is 2. The van der Waals surface area contributed by atoms with Gasteiger partial charge in [0.05, 0.1) is 10.6 Å². The van der Waals surface area contributed by atoms with Crippen LogP contribution >= 0.6 is 0 Å². The number of hydrogen-bond donors (Lipinski definition) is 2. The number of nitriles is 1. The first-order valence-corrected chi connectivity index (χ1v) is 5.85. The average molecular weight is 323 g/mol. The topological polar surface area (TPSA) is 143 Å². The summed E-state index contributed by atoms with van der Waals surface area (Å²) in [6.45, 7) is -3.12. The zero-order valence-electron chi connectivity index (χ0n) is 11.1. The Morgan fingerprint density at radius 3 is 2.91 bits per heavy atom. The van der Waals surface area contributed by atoms with Gasteiger partial charge in [-0.25, -0.2) is 0 Å². The lowest BCUT2D eigenvalue weighted by Crippen LogP contribution is -2.05. The predicted octanol–water partition coefficient (Wildman–Crippen LogP) is 1.69. The molecule has 2 N–H and O–H groups in total. The second-order valence-corrected chi connectivity index (χ2v) is 3.87. The lowest BCUT2D eigenvalue weighted by Gasteiger charge is -2.10. The fourth-order valence-corrected chi connectivity index (χ4v) is 1.52. The molecule has 0 radical (unpaired) electrons. The quantitative estimate of drug-likeness (QED) is 0.464. The van der Waals surface area contributed by atoms with Crippen LogP contribution in [-0.4, -0.2) is 32.2 Å². The van der Waals surface area contributed by atoms with Crippen LogP contribution in [0.2, 0.25) is 0 Å². The van der Waals surface area contributed by atoms with Gasteiger partial charge in [0.2, 0.25) is 5.82 Å². The molecule has 0 atom stereocenters. The van der Waals surface area contributed by atoms with E-state index in [-0.39, 0.29) is 28.5 Å². The van der Waals surface area contributed by atoms with Crippen LogP contribution in [0.4, 0.5) is 20.2 Å². The Bertz CT molecular complexity index is 770. The second kappa shape index (κ2) is 6.89. The molecular weight excluding hydrogens is 316 g/mol. The van der Waals surface area contributed by atoms with Gasteiger partial charge >= 0.3 is 6.61 Å². The zero-order chi connectivity index (χ0) is 16.8. The van der Waals surface area contributed by atoms with Gasteiger partial charge in [-0.3, -0.25) is 10.1 Å². The molecule has 1 aromatic carbocycles. The monoisotopic (exact) mass is 323 g/mol. The van der Waals surface area contributed by atoms with Crippen LogP contribution in [0.15, 0.2) is 24.4 Å². The first-order chi connectivity index (χ1) is 11.0. The highest BCUT2D eigenvalue weighted by Crippen LogP contribution is 2.30. The third kappa shape index (κ3) is 3.94. The Balaban J connectivity index is 2.34. The van der Waals surface area contributed by atoms with Crippen LogP contribution in [0.5, 0.6) is 5.75 Å². The van der Waals surface area contributed by atoms with E-state index in [2.05, 4.69) is 30.7 Å². The summed E-state index contributed by atoms with van der Waals surface area (Å²) in [6.07, 6.45) is 1.09. The number of nitro groups is 1. The molecule has 0 saturated heterocycles. The van der Waals surface area contributed by atoms with Crippen molar-refractivity contribution in [1.82, 2.24) is 20.6 Å². The van der Waals surface area contributed by atoms with Crippen molar-refractivity contribution in [2.24, 2.45) is 0 Å². The molecular formula is C11H7F2N7O3. The molecule has 1 aromatic heterocycles. The van der Waals surface area contributed by atoms with Crippen molar-refractivity contribution in [2.45, 2.75) is 6.61 Å². The Hall–Kier alpha value is -3.62. The van der Waals surface area contributed by atoms with Gasteiger partial charge in [-0.2, -0.15) is 19.3 Å². The number of anilines is 1. The van der Waals surface area contributed by atoms with Gasteiger partial charge in [-0.05, 0) is 11.3 Å². The van der Waals surface area contributed by atoms with Crippen molar-refractivity contribution in [1.29, 1.82) is 5.26 Å². The molecule has 10 nitrogen and oxygen atoms in total. The minimum Gasteiger partial charge on any atom is -0.433 e. The summed E-state index contributed by atoms with van der Waals surface area (Å²) in [5, 5.41) is 34.8. The van der Waals surface area contributed by atoms with Crippen LogP contribution in [0, 0.1) is 21.4 Å². The van der Waals surface area contributed by atoms with Crippen molar-refractivity contribution < 1.29 is 18.4 Å². The molecule has 0 unspecified atom stereocenters. The molecule has 0 saturated carbocycles. The van der Waals surface area contributed by atoms with Crippen molar-refractivity contribution >= 4 is 16.9 Å². The fraction of sp³-hybridized carbons (Fsp3) is 0.0909. The summed E-state index contributed by atoms with van der Waals surface area (Å²) >= 11 is 0. The highest BCUT2D eigenvalue weighted by Gasteiger charge is 2.15. The van der Waals surface area contributed by atoms with E-state index < -0.39 is 11.5 Å². The van der Waals surface area contributed by atoms with Gasteiger partial charge in [0, 0.05) is 18.3 Å². The molecule has 0 aliphatic heterocycles. The van der Waals surface area contributed by atoms with Gasteiger partial charge in [0.1, 0.15) is 17.4 Å². The number of H-pyrrole nitrogens is 1. The van der Waals surface area contributed by atoms with E-state index in [1.54, 1.807) is 6.07 Å². The lowest BCUT2D eigenvalue weighted by molar-refractivity contribution is -0.384. The number of nitro benzene ring substituents is 1. The number of tetrazole rings is 1. The third-order valence-corrected chi connectivity index (χ3v) is 2.47. The summed E-state index contributed by atoms with van der Waals surface area (Å²) in [7, 11) is 0. The van der Waals surface area contributed by atoms with Gasteiger partial charge in [0.25, 0.3) is 5.69 Å². The molecule has 2 aromatic rings. The van der Waals surface area contributed by atoms with Gasteiger partial charge < -0.3 is 10.1 Å². The van der Waals surface area contributed by atoms with E-state index in [1.807, 2.05) is 0 Å². The molecule has 23 heavy (non-hydrogen) atoms. The molecule has 2 rings (SSSR count). The maximum Gasteiger partial charge on any atom is 0.387 e. The third-order valence-electron chi connectivity index (χ3n) is 2.47. The molecule has 118 valence electrons. The van der Waals surface area contributed by atoms with E-state index in [0.717, 1.165) is 24.4 Å². The van der Waals surface area contributed by atoms with Crippen LogP contribution in [-0.2, 0) is 0 Å². The number of ether oxygens (including phenoxy) is 1. The summed E-state index contributed by atoms with van der Waals surface area (Å²) in [4.78, 5) is 10.1. The van der Waals surface area contributed by atoms with E-state index in [4.69, 9.17) is 5.26 Å². The molecule has 0 bridgehead atoms. The Kier molecular flexibility index (Phi) is 4.72. The van der Waals surface area contributed by atoms with Gasteiger partial charge in [0.15, 0.2) is 0 Å². The van der Waals surface area contributed by atoms with E-state index in [9.17, 15) is 18.9 Å². The number of allylic oxidation sites excluding steroid dienone is 1. The zero-order valence-corrected chi connectivity index (χ0v) is 11.1. The molecule has 12 heteroatoms. The van der Waals surface area contributed by atoms with Crippen LogP contribution in [0.1, 0.15) is 5.82 Å². The fourth-order valence-electron chi connectivity index (χ4n) is 1.52. The number of nitrogens with zero attached hydrogens (tertiary/aromatic N) is 5. The Morgan fingerprint density at radius 2 is 2.35 bits per heavy atom. The summed E-state index contributed by atoms with van der Waals surface area (Å²) < 4.78 is 29.0. The first kappa shape index (κ1) is 15.8. The number of benzene rings is 1. The lowest BCUT2D eigenvalue weighted by atomic mass is 10.2. The number of alkyl halides is 2. The first-order valence-electron chi connectivity index (χ1n) is 5.85. The number of hydrogen-bond acceptors (Lipinski definition) is 8. The average Bonchev–Trinajstić information content (AvgIpc) is 3.02. The SMILES string of the molecule is N#CC(=CNc1cc([N+](=O)[O-])ccc1OC(F)F)c1nn[nH]n1. The van der Waals surface area contributed by atoms with Crippen LogP contribution in [0.25, 0.3) is 5.57 Å². The Morgan fingerprint density at radius 1 is 1.57 bits per heavy atom. The highest BCUT2D eigenvalue weighted by molar-refractivity contribution is 5.75. The van der Waals surface area contributed by atoms with Gasteiger partial charge in [-0.1, -0.05) is 0 Å². The van der Waals surface area contributed by atoms with E-state index in [0.29, 0.717) is 0 Å². The van der Waals surface area contributed by atoms with Crippen LogP contribution in [0.3, 0.4) is 0 Å². The minimum absolute atomic E-state index is 0.0400. The number of aromatic amines is 1. The number of rotatable bonds is 6. The summed E-state index contributed by atoms with van der Waals surface area (Å²) in [5.41, 5.74) is -0.551. The van der Waals surface area contributed by atoms with E-state index in [1.165, 1.54) is 0 Å². The predicted molar refractivity (Wildman–Crippen MR) is 71.1 cm³/mol. The van der Waals surface area contributed by atoms with Crippen LogP contribution < -0.4 is 10.1 Å². The van der Waals surface area contributed by atoms with Crippen molar-refractivity contribution in [3.63, 3.8) is 0 Å². The Labute approximate surface area is 126 Å². The maximum absolute atomic E-state index is 12.4. The molecule has 0 amide bonds. The maximum atomic E-state index is 12.4. The molecule has 0 aliphatic rings. The normalized spacial score (nSPS) is 11.1. The van der Waals surface area contributed by atoms with Crippen molar-refractivity contribution in [2.75, 3.05) is 5.32 Å². The molecule has 1 heterocycles. The number of non-ortho nitro benzene ring substituents is 1. The number of nitrogens with one attached hydrogen (secondary N) is 2. The largest absolute Gasteiger partial charge is 0.433 e. The molecule has 0 aliphatic carbocycles. The van der Waals surface area contributed by atoms with Crippen molar-refractivity contribution in [3.05, 3.63) is 40.3 Å². The molecule has 0 fully saturated rings. The second-order valence-electron chi connectivity index (χ2n) is 3.87. The van der Waals surface area contributed by atoms with Crippen molar-refractivity contribution in [3.8, 4) is 11.8 Å². The summed E-state index contributed by atoms with van der Waals surface area (Å²) in [6, 6.07) is 4.77. The minimum atomic E-state index is -3.12. The van der Waals surface area contributed by atoms with E-state index >= 15 is 0 Å².